The number of halogens is 2. The van der Waals surface area contributed by atoms with E-state index in [1.54, 1.807) is 18.2 Å². The second-order valence-electron chi connectivity index (χ2n) is 11.2. The highest BCUT2D eigenvalue weighted by atomic mass is 35.5. The predicted octanol–water partition coefficient (Wildman–Crippen LogP) is 2.95. The van der Waals surface area contributed by atoms with Gasteiger partial charge in [0.05, 0.1) is 12.6 Å². The zero-order valence-electron chi connectivity index (χ0n) is 23.2. The quantitative estimate of drug-likeness (QED) is 0.479. The number of piperazine rings is 1. The minimum Gasteiger partial charge on any atom is -0.492 e. The van der Waals surface area contributed by atoms with Gasteiger partial charge in [-0.2, -0.15) is 0 Å². The van der Waals surface area contributed by atoms with Crippen LogP contribution in [0.15, 0.2) is 36.4 Å². The molecule has 0 aliphatic carbocycles. The molecule has 0 radical (unpaired) electrons. The molecule has 4 heterocycles. The fraction of sp³-hybridized carbons (Fsp3) is 0.467. The first kappa shape index (κ1) is 28.8. The van der Waals surface area contributed by atoms with Gasteiger partial charge in [0.1, 0.15) is 18.4 Å². The van der Waals surface area contributed by atoms with E-state index >= 15 is 0 Å². The minimum atomic E-state index is -0.669. The molecular weight excluding hydrogens is 581 g/mol. The van der Waals surface area contributed by atoms with E-state index in [9.17, 15) is 19.2 Å². The first-order valence-corrected chi connectivity index (χ1v) is 15.2. The largest absolute Gasteiger partial charge is 0.492 e. The number of amides is 4. The van der Waals surface area contributed by atoms with Gasteiger partial charge >= 0.3 is 0 Å². The highest BCUT2D eigenvalue weighted by molar-refractivity contribution is 6.35. The third kappa shape index (κ3) is 5.80. The SMILES string of the molecule is O=C1CCC(N2Cc3c(OCCN4CCC[C@@H]4C(=O)N4CCN(c5cc(Cl)cc(Cl)c5)CC4)cccc3C2=O)C(=O)N1. The second-order valence-corrected chi connectivity index (χ2v) is 12.0. The molecule has 2 aromatic carbocycles. The van der Waals surface area contributed by atoms with Crippen LogP contribution in [0.2, 0.25) is 10.0 Å². The van der Waals surface area contributed by atoms with Crippen molar-refractivity contribution in [3.8, 4) is 5.75 Å². The number of anilines is 1. The summed E-state index contributed by atoms with van der Waals surface area (Å²) in [5.74, 6) is -0.214. The number of benzene rings is 2. The maximum atomic E-state index is 13.5. The smallest absolute Gasteiger partial charge is 0.255 e. The van der Waals surface area contributed by atoms with Crippen LogP contribution in [-0.4, -0.2) is 96.3 Å². The lowest BCUT2D eigenvalue weighted by molar-refractivity contribution is -0.137. The molecule has 42 heavy (non-hydrogen) atoms. The van der Waals surface area contributed by atoms with E-state index in [1.807, 2.05) is 23.1 Å². The van der Waals surface area contributed by atoms with E-state index < -0.39 is 11.9 Å². The number of carbonyl (C=O) groups excluding carboxylic acids is 4. The van der Waals surface area contributed by atoms with Gasteiger partial charge in [0.25, 0.3) is 5.91 Å². The number of nitrogens with one attached hydrogen (secondary N) is 1. The van der Waals surface area contributed by atoms with Crippen molar-refractivity contribution < 1.29 is 23.9 Å². The lowest BCUT2D eigenvalue weighted by Gasteiger charge is -2.38. The summed E-state index contributed by atoms with van der Waals surface area (Å²) in [6.45, 7) is 4.75. The molecule has 4 amide bonds. The number of carbonyl (C=O) groups is 4. The lowest BCUT2D eigenvalue weighted by atomic mass is 10.0. The van der Waals surface area contributed by atoms with Crippen molar-refractivity contribution in [2.45, 2.75) is 44.3 Å². The van der Waals surface area contributed by atoms with Crippen molar-refractivity contribution in [2.75, 3.05) is 50.8 Å². The summed E-state index contributed by atoms with van der Waals surface area (Å²) in [4.78, 5) is 58.4. The molecule has 1 N–H and O–H groups in total. The fourth-order valence-corrected chi connectivity index (χ4v) is 6.97. The Labute approximate surface area is 254 Å². The Morgan fingerprint density at radius 3 is 2.48 bits per heavy atom. The molecule has 0 saturated carbocycles. The normalized spacial score (nSPS) is 22.9. The number of imide groups is 1. The zero-order chi connectivity index (χ0) is 29.4. The average Bonchev–Trinajstić information content (AvgIpc) is 3.57. The van der Waals surface area contributed by atoms with E-state index in [2.05, 4.69) is 15.1 Å². The van der Waals surface area contributed by atoms with Gasteiger partial charge < -0.3 is 19.4 Å². The van der Waals surface area contributed by atoms with Crippen molar-refractivity contribution >= 4 is 52.5 Å². The number of ether oxygens (including phenoxy) is 1. The van der Waals surface area contributed by atoms with Crippen molar-refractivity contribution in [3.05, 3.63) is 57.6 Å². The molecule has 1 unspecified atom stereocenters. The van der Waals surface area contributed by atoms with Crippen LogP contribution in [0.1, 0.15) is 41.6 Å². The number of nitrogens with zero attached hydrogens (tertiary/aromatic N) is 4. The topological polar surface area (TPSA) is 102 Å². The summed E-state index contributed by atoms with van der Waals surface area (Å²) in [5, 5.41) is 3.52. The Morgan fingerprint density at radius 1 is 0.976 bits per heavy atom. The molecule has 2 atom stereocenters. The average molecular weight is 615 g/mol. The minimum absolute atomic E-state index is 0.155. The van der Waals surface area contributed by atoms with E-state index in [0.29, 0.717) is 67.1 Å². The molecule has 2 aromatic rings. The molecule has 3 fully saturated rings. The van der Waals surface area contributed by atoms with Crippen LogP contribution in [-0.2, 0) is 20.9 Å². The molecule has 4 aliphatic rings. The number of likely N-dealkylation sites (tertiary alicyclic amines) is 1. The van der Waals surface area contributed by atoms with Crippen LogP contribution in [0, 0.1) is 0 Å². The molecule has 222 valence electrons. The molecule has 12 heteroatoms. The Hall–Kier alpha value is -3.34. The molecule has 0 aromatic heterocycles. The maximum absolute atomic E-state index is 13.5. The van der Waals surface area contributed by atoms with Gasteiger partial charge in [-0.3, -0.25) is 29.4 Å². The molecule has 4 aliphatic heterocycles. The van der Waals surface area contributed by atoms with Gasteiger partial charge in [0.2, 0.25) is 17.7 Å². The highest BCUT2D eigenvalue weighted by Gasteiger charge is 2.40. The number of hydrogen-bond donors (Lipinski definition) is 1. The van der Waals surface area contributed by atoms with E-state index in [4.69, 9.17) is 27.9 Å². The van der Waals surface area contributed by atoms with Gasteiger partial charge in [-0.25, -0.2) is 0 Å². The monoisotopic (exact) mass is 613 g/mol. The van der Waals surface area contributed by atoms with Crippen LogP contribution in [0.5, 0.6) is 5.75 Å². The van der Waals surface area contributed by atoms with Crippen LogP contribution < -0.4 is 15.0 Å². The number of piperidine rings is 1. The zero-order valence-corrected chi connectivity index (χ0v) is 24.7. The predicted molar refractivity (Wildman–Crippen MR) is 158 cm³/mol. The second kappa shape index (κ2) is 12.1. The molecule has 3 saturated heterocycles. The number of rotatable bonds is 7. The molecule has 6 rings (SSSR count). The van der Waals surface area contributed by atoms with Gasteiger partial charge in [0, 0.05) is 66.0 Å². The summed E-state index contributed by atoms with van der Waals surface area (Å²) >= 11 is 12.4. The fourth-order valence-electron chi connectivity index (χ4n) is 6.46. The number of fused-ring (bicyclic) bond motifs is 1. The van der Waals surface area contributed by atoms with Crippen LogP contribution in [0.25, 0.3) is 0 Å². The molecule has 0 spiro atoms. The maximum Gasteiger partial charge on any atom is 0.255 e. The third-order valence-corrected chi connectivity index (χ3v) is 9.06. The van der Waals surface area contributed by atoms with Crippen LogP contribution in [0.3, 0.4) is 0 Å². The molecule has 0 bridgehead atoms. The number of hydrogen-bond acceptors (Lipinski definition) is 7. The third-order valence-electron chi connectivity index (χ3n) is 8.63. The van der Waals surface area contributed by atoms with Gasteiger partial charge in [0.15, 0.2) is 0 Å². The van der Waals surface area contributed by atoms with E-state index in [-0.39, 0.29) is 36.7 Å². The first-order chi connectivity index (χ1) is 20.3. The first-order valence-electron chi connectivity index (χ1n) is 14.4. The lowest BCUT2D eigenvalue weighted by Crippen LogP contribution is -2.54. The van der Waals surface area contributed by atoms with Gasteiger partial charge in [-0.1, -0.05) is 29.3 Å². The summed E-state index contributed by atoms with van der Waals surface area (Å²) in [6.07, 6.45) is 2.30. The molecular formula is C30H33Cl2N5O5. The standard InChI is InChI=1S/C30H33Cl2N5O5/c31-19-15-20(32)17-21(16-19)34-9-11-36(12-10-34)30(41)25-4-2-8-35(25)13-14-42-26-5-1-3-22-23(26)18-37(29(22)40)24-6-7-27(38)33-28(24)39/h1,3,5,15-17,24-25H,2,4,6-14,18H2,(H,33,38,39)/t24?,25-/m1/s1. The van der Waals surface area contributed by atoms with Crippen molar-refractivity contribution in [2.24, 2.45) is 0 Å². The summed E-state index contributed by atoms with van der Waals surface area (Å²) in [7, 11) is 0. The highest BCUT2D eigenvalue weighted by Crippen LogP contribution is 2.34. The summed E-state index contributed by atoms with van der Waals surface area (Å²) < 4.78 is 6.17. The summed E-state index contributed by atoms with van der Waals surface area (Å²) in [6, 6.07) is 10.0. The van der Waals surface area contributed by atoms with E-state index in [1.165, 1.54) is 4.90 Å². The van der Waals surface area contributed by atoms with Crippen molar-refractivity contribution in [1.82, 2.24) is 20.0 Å². The van der Waals surface area contributed by atoms with Crippen LogP contribution in [0.4, 0.5) is 5.69 Å². The Morgan fingerprint density at radius 2 is 1.74 bits per heavy atom. The summed E-state index contributed by atoms with van der Waals surface area (Å²) in [5.41, 5.74) is 2.24. The van der Waals surface area contributed by atoms with Gasteiger partial charge in [-0.05, 0) is 56.1 Å². The molecule has 10 nitrogen and oxygen atoms in total. The van der Waals surface area contributed by atoms with Crippen molar-refractivity contribution in [3.63, 3.8) is 0 Å². The van der Waals surface area contributed by atoms with Crippen molar-refractivity contribution in [1.29, 1.82) is 0 Å². The Bertz CT molecular complexity index is 1390. The Balaban J connectivity index is 1.03. The van der Waals surface area contributed by atoms with E-state index in [0.717, 1.165) is 30.6 Å². The van der Waals surface area contributed by atoms with Crippen LogP contribution >= 0.6 is 23.2 Å². The Kier molecular flexibility index (Phi) is 8.29. The van der Waals surface area contributed by atoms with Gasteiger partial charge in [-0.15, -0.1) is 0 Å².